The predicted octanol–water partition coefficient (Wildman–Crippen LogP) is 3.08. The van der Waals surface area contributed by atoms with Crippen LogP contribution in [0, 0.1) is 17.8 Å². The monoisotopic (exact) mass is 495 g/mol. The lowest BCUT2D eigenvalue weighted by Gasteiger charge is -2.39. The molecular weight excluding hydrogens is 454 g/mol. The van der Waals surface area contributed by atoms with Gasteiger partial charge < -0.3 is 14.8 Å². The van der Waals surface area contributed by atoms with Crippen LogP contribution in [0.2, 0.25) is 0 Å². The van der Waals surface area contributed by atoms with Crippen molar-refractivity contribution < 1.29 is 22.7 Å². The molecule has 3 atom stereocenters. The number of nitrogens with zero attached hydrogens (tertiary/aromatic N) is 2. The maximum atomic E-state index is 13.3. The molecule has 0 aromatic heterocycles. The van der Waals surface area contributed by atoms with Crippen molar-refractivity contribution in [1.29, 1.82) is 0 Å². The van der Waals surface area contributed by atoms with Gasteiger partial charge >= 0.3 is 0 Å². The van der Waals surface area contributed by atoms with Crippen LogP contribution in [0.4, 0.5) is 0 Å². The molecule has 1 N–H and O–H groups in total. The van der Waals surface area contributed by atoms with Gasteiger partial charge in [0.2, 0.25) is 5.91 Å². The highest BCUT2D eigenvalue weighted by Gasteiger charge is 2.38. The van der Waals surface area contributed by atoms with Crippen molar-refractivity contribution in [3.05, 3.63) is 23.8 Å². The molecule has 1 amide bonds. The van der Waals surface area contributed by atoms with E-state index in [1.165, 1.54) is 4.31 Å². The highest BCUT2D eigenvalue weighted by atomic mass is 32.2. The van der Waals surface area contributed by atoms with E-state index in [0.29, 0.717) is 76.2 Å². The summed E-state index contributed by atoms with van der Waals surface area (Å²) >= 11 is 0. The standard InChI is InChI=1S/C25H41N3O5S/c1-5-32-23-10-9-21(15-24(23)33-6-2)11-12-26-25(29)22-8-7-13-27(18-22)34(30,31)28-16-19(3)14-20(4)17-28/h9-10,15,19-20,22H,5-8,11-14,16-18H2,1-4H3,(H,26,29)/t19-,20+,22-/m0/s1. The van der Waals surface area contributed by atoms with E-state index in [4.69, 9.17) is 9.47 Å². The lowest BCUT2D eigenvalue weighted by atomic mass is 9.94. The van der Waals surface area contributed by atoms with Crippen molar-refractivity contribution in [3.63, 3.8) is 0 Å². The Morgan fingerprint density at radius 2 is 1.71 bits per heavy atom. The topological polar surface area (TPSA) is 88.2 Å². The van der Waals surface area contributed by atoms with Crippen molar-refractivity contribution in [2.24, 2.45) is 17.8 Å². The molecule has 192 valence electrons. The molecule has 0 spiro atoms. The maximum absolute atomic E-state index is 13.3. The summed E-state index contributed by atoms with van der Waals surface area (Å²) in [5, 5.41) is 3.01. The fourth-order valence-corrected chi connectivity index (χ4v) is 6.99. The maximum Gasteiger partial charge on any atom is 0.282 e. The Morgan fingerprint density at radius 3 is 2.38 bits per heavy atom. The lowest BCUT2D eigenvalue weighted by molar-refractivity contribution is -0.126. The van der Waals surface area contributed by atoms with Gasteiger partial charge in [0.15, 0.2) is 11.5 Å². The molecule has 0 radical (unpaired) electrons. The van der Waals surface area contributed by atoms with Gasteiger partial charge in [-0.1, -0.05) is 19.9 Å². The second kappa shape index (κ2) is 12.2. The summed E-state index contributed by atoms with van der Waals surface area (Å²) in [6.45, 7) is 11.5. The van der Waals surface area contributed by atoms with Crippen molar-refractivity contribution in [1.82, 2.24) is 13.9 Å². The average Bonchev–Trinajstić information content (AvgIpc) is 2.80. The number of carbonyl (C=O) groups excluding carboxylic acids is 1. The quantitative estimate of drug-likeness (QED) is 0.539. The molecule has 8 nitrogen and oxygen atoms in total. The van der Waals surface area contributed by atoms with Crippen LogP contribution in [-0.2, 0) is 21.4 Å². The largest absolute Gasteiger partial charge is 0.490 e. The summed E-state index contributed by atoms with van der Waals surface area (Å²) in [5.41, 5.74) is 1.05. The van der Waals surface area contributed by atoms with Crippen LogP contribution in [0.25, 0.3) is 0 Å². The molecule has 2 fully saturated rings. The molecule has 9 heteroatoms. The highest BCUT2D eigenvalue weighted by Crippen LogP contribution is 2.29. The van der Waals surface area contributed by atoms with Crippen LogP contribution in [-0.4, -0.2) is 68.9 Å². The van der Waals surface area contributed by atoms with Gasteiger partial charge in [-0.25, -0.2) is 0 Å². The van der Waals surface area contributed by atoms with Gasteiger partial charge in [-0.3, -0.25) is 4.79 Å². The summed E-state index contributed by atoms with van der Waals surface area (Å²) in [5.74, 6) is 1.75. The zero-order valence-corrected chi connectivity index (χ0v) is 21.9. The fourth-order valence-electron chi connectivity index (χ4n) is 5.05. The Morgan fingerprint density at radius 1 is 1.03 bits per heavy atom. The van der Waals surface area contributed by atoms with Crippen LogP contribution < -0.4 is 14.8 Å². The molecule has 2 heterocycles. The van der Waals surface area contributed by atoms with Gasteiger partial charge in [0, 0.05) is 32.7 Å². The molecule has 2 aliphatic heterocycles. The van der Waals surface area contributed by atoms with E-state index in [0.717, 1.165) is 17.7 Å². The fraction of sp³-hybridized carbons (Fsp3) is 0.720. The van der Waals surface area contributed by atoms with Crippen molar-refractivity contribution in [2.45, 2.75) is 53.4 Å². The number of piperidine rings is 2. The molecule has 2 saturated heterocycles. The molecular formula is C25H41N3O5S. The molecule has 0 aliphatic carbocycles. The summed E-state index contributed by atoms with van der Waals surface area (Å²) in [4.78, 5) is 12.9. The Hall–Kier alpha value is -1.84. The minimum atomic E-state index is -3.54. The second-order valence-electron chi connectivity index (χ2n) is 9.66. The summed E-state index contributed by atoms with van der Waals surface area (Å²) < 4.78 is 40.9. The van der Waals surface area contributed by atoms with E-state index < -0.39 is 10.2 Å². The second-order valence-corrected chi connectivity index (χ2v) is 11.6. The summed E-state index contributed by atoms with van der Waals surface area (Å²) in [6.07, 6.45) is 3.13. The molecule has 0 unspecified atom stereocenters. The van der Waals surface area contributed by atoms with E-state index in [1.54, 1.807) is 4.31 Å². The molecule has 1 aromatic rings. The molecule has 3 rings (SSSR count). The number of rotatable bonds is 10. The van der Waals surface area contributed by atoms with E-state index in [9.17, 15) is 13.2 Å². The molecule has 1 aromatic carbocycles. The Labute approximate surface area is 205 Å². The van der Waals surface area contributed by atoms with E-state index in [-0.39, 0.29) is 18.4 Å². The number of amides is 1. The molecule has 0 bridgehead atoms. The van der Waals surface area contributed by atoms with Gasteiger partial charge in [-0.05, 0) is 69.1 Å². The SMILES string of the molecule is CCOc1ccc(CCNC(=O)[C@H]2CCCN(S(=O)(=O)N3C[C@H](C)C[C@H](C)C3)C2)cc1OCC. The number of carbonyl (C=O) groups is 1. The smallest absolute Gasteiger partial charge is 0.282 e. The zero-order chi connectivity index (χ0) is 24.7. The first-order chi connectivity index (χ1) is 16.2. The first kappa shape index (κ1) is 26.8. The van der Waals surface area contributed by atoms with Gasteiger partial charge in [0.25, 0.3) is 10.2 Å². The van der Waals surface area contributed by atoms with Crippen LogP contribution in [0.1, 0.15) is 52.5 Å². The number of ether oxygens (including phenoxy) is 2. The van der Waals surface area contributed by atoms with Gasteiger partial charge in [-0.15, -0.1) is 0 Å². The molecule has 34 heavy (non-hydrogen) atoms. The Kier molecular flexibility index (Phi) is 9.62. The third-order valence-electron chi connectivity index (χ3n) is 6.56. The first-order valence-corrected chi connectivity index (χ1v) is 14.1. The van der Waals surface area contributed by atoms with Crippen LogP contribution in [0.3, 0.4) is 0 Å². The third-order valence-corrected chi connectivity index (χ3v) is 8.50. The van der Waals surface area contributed by atoms with Gasteiger partial charge in [0.1, 0.15) is 0 Å². The molecule has 0 saturated carbocycles. The summed E-state index contributed by atoms with van der Waals surface area (Å²) in [6, 6.07) is 5.84. The van der Waals surface area contributed by atoms with Crippen LogP contribution in [0.5, 0.6) is 11.5 Å². The van der Waals surface area contributed by atoms with Crippen molar-refractivity contribution in [2.75, 3.05) is 45.9 Å². The van der Waals surface area contributed by atoms with Gasteiger partial charge in [0.05, 0.1) is 19.1 Å². The Bertz CT molecular complexity index is 913. The van der Waals surface area contributed by atoms with E-state index >= 15 is 0 Å². The van der Waals surface area contributed by atoms with E-state index in [2.05, 4.69) is 19.2 Å². The lowest BCUT2D eigenvalue weighted by Crippen LogP contribution is -2.53. The number of benzene rings is 1. The highest BCUT2D eigenvalue weighted by molar-refractivity contribution is 7.86. The van der Waals surface area contributed by atoms with Crippen LogP contribution in [0.15, 0.2) is 18.2 Å². The van der Waals surface area contributed by atoms with Crippen molar-refractivity contribution in [3.8, 4) is 11.5 Å². The predicted molar refractivity (Wildman–Crippen MR) is 133 cm³/mol. The first-order valence-electron chi connectivity index (χ1n) is 12.7. The molecule has 2 aliphatic rings. The average molecular weight is 496 g/mol. The number of hydrogen-bond acceptors (Lipinski definition) is 5. The minimum Gasteiger partial charge on any atom is -0.490 e. The number of hydrogen-bond donors (Lipinski definition) is 1. The number of nitrogens with one attached hydrogen (secondary N) is 1. The third kappa shape index (κ3) is 6.86. The van der Waals surface area contributed by atoms with Crippen LogP contribution >= 0.6 is 0 Å². The summed E-state index contributed by atoms with van der Waals surface area (Å²) in [7, 11) is -3.54. The van der Waals surface area contributed by atoms with Gasteiger partial charge in [-0.2, -0.15) is 17.0 Å². The zero-order valence-electron chi connectivity index (χ0n) is 21.1. The Balaban J connectivity index is 1.54. The van der Waals surface area contributed by atoms with Crippen molar-refractivity contribution >= 4 is 16.1 Å². The van der Waals surface area contributed by atoms with E-state index in [1.807, 2.05) is 32.0 Å². The normalized spacial score (nSPS) is 24.5. The minimum absolute atomic E-state index is 0.0729.